The normalized spacial score (nSPS) is 11.7. The maximum atomic E-state index is 11.9. The van der Waals surface area contributed by atoms with Gasteiger partial charge < -0.3 is 15.2 Å². The lowest BCUT2D eigenvalue weighted by atomic mass is 10.1. The Kier molecular flexibility index (Phi) is 4.74. The zero-order chi connectivity index (χ0) is 14.4. The van der Waals surface area contributed by atoms with Gasteiger partial charge in [0.15, 0.2) is 0 Å². The minimum absolute atomic E-state index is 0.133. The van der Waals surface area contributed by atoms with Crippen LogP contribution in [0.1, 0.15) is 22.0 Å². The molecule has 2 N–H and O–H groups in total. The van der Waals surface area contributed by atoms with Crippen molar-refractivity contribution in [2.45, 2.75) is 6.10 Å². The molecule has 0 spiro atoms. The second kappa shape index (κ2) is 6.73. The van der Waals surface area contributed by atoms with Crippen LogP contribution >= 0.6 is 0 Å². The Morgan fingerprint density at radius 2 is 1.80 bits per heavy atom. The number of para-hydroxylation sites is 1. The third-order valence-electron chi connectivity index (χ3n) is 2.99. The van der Waals surface area contributed by atoms with E-state index in [4.69, 9.17) is 4.74 Å². The molecule has 1 atom stereocenters. The van der Waals surface area contributed by atoms with Gasteiger partial charge in [-0.1, -0.05) is 36.4 Å². The van der Waals surface area contributed by atoms with Crippen LogP contribution in [0.3, 0.4) is 0 Å². The highest BCUT2D eigenvalue weighted by Crippen LogP contribution is 2.24. The van der Waals surface area contributed by atoms with Crippen LogP contribution < -0.4 is 10.1 Å². The summed E-state index contributed by atoms with van der Waals surface area (Å²) in [5, 5.41) is 12.8. The van der Waals surface area contributed by atoms with E-state index in [-0.39, 0.29) is 12.5 Å². The van der Waals surface area contributed by atoms with Crippen LogP contribution in [-0.4, -0.2) is 24.7 Å². The van der Waals surface area contributed by atoms with Gasteiger partial charge in [-0.05, 0) is 18.2 Å². The van der Waals surface area contributed by atoms with Crippen LogP contribution in [0.5, 0.6) is 5.75 Å². The van der Waals surface area contributed by atoms with Crippen LogP contribution in [0, 0.1) is 0 Å². The number of aliphatic hydroxyl groups is 1. The number of rotatable bonds is 5. The highest BCUT2D eigenvalue weighted by molar-refractivity contribution is 5.94. The number of aliphatic hydroxyl groups excluding tert-OH is 1. The highest BCUT2D eigenvalue weighted by atomic mass is 16.5. The standard InChI is InChI=1S/C16H17NO3/c1-20-15-10-6-5-9-13(15)14(18)11-17-16(19)12-7-3-2-4-8-12/h2-10,14,18H,11H2,1H3,(H,17,19)/t14-/m0/s1. The molecule has 0 aromatic heterocycles. The number of ether oxygens (including phenoxy) is 1. The Labute approximate surface area is 118 Å². The highest BCUT2D eigenvalue weighted by Gasteiger charge is 2.14. The fourth-order valence-corrected chi connectivity index (χ4v) is 1.93. The molecule has 4 heteroatoms. The number of methoxy groups -OCH3 is 1. The summed E-state index contributed by atoms with van der Waals surface area (Å²) in [6.45, 7) is 0.133. The third-order valence-corrected chi connectivity index (χ3v) is 2.99. The average Bonchev–Trinajstić information content (AvgIpc) is 2.53. The lowest BCUT2D eigenvalue weighted by Crippen LogP contribution is -2.28. The van der Waals surface area contributed by atoms with E-state index in [1.165, 1.54) is 0 Å². The molecule has 0 fully saturated rings. The topological polar surface area (TPSA) is 58.6 Å². The molecule has 2 aromatic carbocycles. The molecule has 0 unspecified atom stereocenters. The van der Waals surface area contributed by atoms with Crippen molar-refractivity contribution >= 4 is 5.91 Å². The molecule has 0 bridgehead atoms. The molecule has 0 saturated carbocycles. The molecule has 0 heterocycles. The molecule has 1 amide bonds. The predicted octanol–water partition coefficient (Wildman–Crippen LogP) is 2.16. The van der Waals surface area contributed by atoms with Crippen molar-refractivity contribution in [2.75, 3.05) is 13.7 Å². The van der Waals surface area contributed by atoms with Gasteiger partial charge in [-0.3, -0.25) is 4.79 Å². The molecule has 20 heavy (non-hydrogen) atoms. The van der Waals surface area contributed by atoms with Gasteiger partial charge in [0.05, 0.1) is 13.2 Å². The maximum absolute atomic E-state index is 11.9. The molecule has 4 nitrogen and oxygen atoms in total. The fourth-order valence-electron chi connectivity index (χ4n) is 1.93. The van der Waals surface area contributed by atoms with E-state index < -0.39 is 6.10 Å². The zero-order valence-electron chi connectivity index (χ0n) is 11.2. The molecular formula is C16H17NO3. The van der Waals surface area contributed by atoms with Gasteiger partial charge in [0.25, 0.3) is 5.91 Å². The second-order valence-corrected chi connectivity index (χ2v) is 4.33. The van der Waals surface area contributed by atoms with Crippen LogP contribution in [0.25, 0.3) is 0 Å². The minimum atomic E-state index is -0.807. The molecule has 0 aliphatic heterocycles. The number of carbonyl (C=O) groups excluding carboxylic acids is 1. The first-order valence-corrected chi connectivity index (χ1v) is 6.36. The van der Waals surface area contributed by atoms with Gasteiger partial charge in [0.2, 0.25) is 0 Å². The van der Waals surface area contributed by atoms with Gasteiger partial charge in [0, 0.05) is 17.7 Å². The maximum Gasteiger partial charge on any atom is 0.251 e. The quantitative estimate of drug-likeness (QED) is 0.876. The number of nitrogens with one attached hydrogen (secondary N) is 1. The van der Waals surface area contributed by atoms with Crippen LogP contribution in [0.4, 0.5) is 0 Å². The van der Waals surface area contributed by atoms with Gasteiger partial charge >= 0.3 is 0 Å². The summed E-state index contributed by atoms with van der Waals surface area (Å²) < 4.78 is 5.19. The first kappa shape index (κ1) is 14.1. The fraction of sp³-hybridized carbons (Fsp3) is 0.188. The van der Waals surface area contributed by atoms with Crippen LogP contribution in [0.2, 0.25) is 0 Å². The molecule has 2 aromatic rings. The Bertz CT molecular complexity index is 569. The summed E-state index contributed by atoms with van der Waals surface area (Å²) >= 11 is 0. The minimum Gasteiger partial charge on any atom is -0.496 e. The van der Waals surface area contributed by atoms with E-state index in [0.29, 0.717) is 16.9 Å². The van der Waals surface area contributed by atoms with Crippen molar-refractivity contribution in [1.29, 1.82) is 0 Å². The summed E-state index contributed by atoms with van der Waals surface area (Å²) in [7, 11) is 1.55. The number of carbonyl (C=O) groups is 1. The van der Waals surface area contributed by atoms with E-state index in [1.807, 2.05) is 18.2 Å². The smallest absolute Gasteiger partial charge is 0.251 e. The van der Waals surface area contributed by atoms with E-state index in [2.05, 4.69) is 5.32 Å². The van der Waals surface area contributed by atoms with Gasteiger partial charge in [-0.2, -0.15) is 0 Å². The summed E-state index contributed by atoms with van der Waals surface area (Å²) in [4.78, 5) is 11.9. The molecule has 0 aliphatic rings. The zero-order valence-corrected chi connectivity index (χ0v) is 11.2. The van der Waals surface area contributed by atoms with E-state index in [9.17, 15) is 9.90 Å². The van der Waals surface area contributed by atoms with Crippen LogP contribution in [-0.2, 0) is 0 Å². The number of benzene rings is 2. The molecular weight excluding hydrogens is 254 g/mol. The van der Waals surface area contributed by atoms with Crippen molar-refractivity contribution in [3.05, 3.63) is 65.7 Å². The molecule has 104 valence electrons. The molecule has 0 saturated heterocycles. The summed E-state index contributed by atoms with van der Waals surface area (Å²) in [6.07, 6.45) is -0.807. The van der Waals surface area contributed by atoms with Gasteiger partial charge in [-0.25, -0.2) is 0 Å². The Balaban J connectivity index is 1.99. The third kappa shape index (κ3) is 3.36. The predicted molar refractivity (Wildman–Crippen MR) is 76.7 cm³/mol. The Morgan fingerprint density at radius 1 is 1.15 bits per heavy atom. The van der Waals surface area contributed by atoms with Crippen molar-refractivity contribution in [3.8, 4) is 5.75 Å². The summed E-state index contributed by atoms with van der Waals surface area (Å²) in [6, 6.07) is 16.1. The largest absolute Gasteiger partial charge is 0.496 e. The number of hydrogen-bond donors (Lipinski definition) is 2. The molecule has 2 rings (SSSR count). The van der Waals surface area contributed by atoms with E-state index in [0.717, 1.165) is 0 Å². The lowest BCUT2D eigenvalue weighted by Gasteiger charge is -2.15. The van der Waals surface area contributed by atoms with Gasteiger partial charge in [0.1, 0.15) is 5.75 Å². The molecule has 0 radical (unpaired) electrons. The summed E-state index contributed by atoms with van der Waals surface area (Å²) in [5.41, 5.74) is 1.23. The van der Waals surface area contributed by atoms with Crippen molar-refractivity contribution in [1.82, 2.24) is 5.32 Å². The SMILES string of the molecule is COc1ccccc1[C@@H](O)CNC(=O)c1ccccc1. The summed E-state index contributed by atoms with van der Waals surface area (Å²) in [5.74, 6) is 0.397. The lowest BCUT2D eigenvalue weighted by molar-refractivity contribution is 0.0914. The first-order valence-electron chi connectivity index (χ1n) is 6.36. The Morgan fingerprint density at radius 3 is 2.50 bits per heavy atom. The van der Waals surface area contributed by atoms with Crippen molar-refractivity contribution < 1.29 is 14.6 Å². The van der Waals surface area contributed by atoms with Crippen molar-refractivity contribution in [2.24, 2.45) is 0 Å². The van der Waals surface area contributed by atoms with Crippen LogP contribution in [0.15, 0.2) is 54.6 Å². The second-order valence-electron chi connectivity index (χ2n) is 4.33. The molecule has 0 aliphatic carbocycles. The average molecular weight is 271 g/mol. The monoisotopic (exact) mass is 271 g/mol. The van der Waals surface area contributed by atoms with E-state index >= 15 is 0 Å². The van der Waals surface area contributed by atoms with Crippen molar-refractivity contribution in [3.63, 3.8) is 0 Å². The Hall–Kier alpha value is -2.33. The van der Waals surface area contributed by atoms with Gasteiger partial charge in [-0.15, -0.1) is 0 Å². The van der Waals surface area contributed by atoms with E-state index in [1.54, 1.807) is 43.5 Å². The first-order chi connectivity index (χ1) is 9.72. The number of hydrogen-bond acceptors (Lipinski definition) is 3. The number of amides is 1.